The Hall–Kier alpha value is -2.03. The van der Waals surface area contributed by atoms with Crippen molar-refractivity contribution >= 4 is 6.09 Å². The number of benzene rings is 1. The fraction of sp³-hybridized carbons (Fsp3) is 0.389. The highest BCUT2D eigenvalue weighted by Crippen LogP contribution is 2.32. The van der Waals surface area contributed by atoms with Crippen molar-refractivity contribution in [1.29, 1.82) is 0 Å². The molecule has 3 nitrogen and oxygen atoms in total. The average Bonchev–Trinajstić information content (AvgIpc) is 2.46. The second-order valence-corrected chi connectivity index (χ2v) is 5.86. The lowest BCUT2D eigenvalue weighted by Gasteiger charge is -2.39. The van der Waals surface area contributed by atoms with E-state index < -0.39 is 6.09 Å². The summed E-state index contributed by atoms with van der Waals surface area (Å²) in [6.07, 6.45) is 2.76. The van der Waals surface area contributed by atoms with Crippen LogP contribution < -0.4 is 5.11 Å². The van der Waals surface area contributed by atoms with Crippen molar-refractivity contribution in [2.24, 2.45) is 5.92 Å². The van der Waals surface area contributed by atoms with Crippen LogP contribution in [0.4, 0.5) is 4.79 Å². The molecule has 0 bridgehead atoms. The zero-order valence-corrected chi connectivity index (χ0v) is 12.7. The Morgan fingerprint density at radius 3 is 2.62 bits per heavy atom. The van der Waals surface area contributed by atoms with E-state index in [9.17, 15) is 9.90 Å². The van der Waals surface area contributed by atoms with E-state index in [0.717, 1.165) is 29.6 Å². The predicted octanol–water partition coefficient (Wildman–Crippen LogP) is 3.13. The molecule has 1 aromatic carbocycles. The van der Waals surface area contributed by atoms with Gasteiger partial charge < -0.3 is 14.8 Å². The van der Waals surface area contributed by atoms with Crippen LogP contribution in [0.1, 0.15) is 32.3 Å². The van der Waals surface area contributed by atoms with E-state index in [2.05, 4.69) is 12.7 Å². The van der Waals surface area contributed by atoms with Crippen LogP contribution in [0, 0.1) is 5.92 Å². The quantitative estimate of drug-likeness (QED) is 0.797. The third-order valence-corrected chi connectivity index (χ3v) is 4.26. The van der Waals surface area contributed by atoms with E-state index in [4.69, 9.17) is 0 Å². The number of allylic oxidation sites excluding steroid dienone is 2. The smallest absolute Gasteiger partial charge is 0.137 e. The summed E-state index contributed by atoms with van der Waals surface area (Å²) in [6, 6.07) is 9.52. The summed E-state index contributed by atoms with van der Waals surface area (Å²) < 4.78 is 0. The predicted molar refractivity (Wildman–Crippen MR) is 82.5 cm³/mol. The summed E-state index contributed by atoms with van der Waals surface area (Å²) in [5.74, 6) is 0.344. The molecule has 0 N–H and O–H groups in total. The van der Waals surface area contributed by atoms with Crippen molar-refractivity contribution in [3.8, 4) is 0 Å². The van der Waals surface area contributed by atoms with Gasteiger partial charge in [-0.15, -0.1) is 0 Å². The van der Waals surface area contributed by atoms with Crippen LogP contribution in [0.3, 0.4) is 0 Å². The van der Waals surface area contributed by atoms with Gasteiger partial charge >= 0.3 is 0 Å². The summed E-state index contributed by atoms with van der Waals surface area (Å²) >= 11 is 0. The maximum atomic E-state index is 11.6. The van der Waals surface area contributed by atoms with Crippen molar-refractivity contribution < 1.29 is 9.90 Å². The first-order valence-corrected chi connectivity index (χ1v) is 7.32. The molecule has 112 valence electrons. The normalized spacial score (nSPS) is 21.5. The zero-order chi connectivity index (χ0) is 15.4. The van der Waals surface area contributed by atoms with Gasteiger partial charge in [0.1, 0.15) is 6.09 Å². The molecule has 1 aliphatic rings. The fourth-order valence-corrected chi connectivity index (χ4v) is 2.87. The molecule has 0 spiro atoms. The molecule has 1 amide bonds. The van der Waals surface area contributed by atoms with Crippen LogP contribution in [0.15, 0.2) is 54.1 Å². The lowest BCUT2D eigenvalue weighted by Crippen LogP contribution is -2.48. The number of amides is 1. The highest BCUT2D eigenvalue weighted by molar-refractivity contribution is 5.64. The molecular weight excluding hydrogens is 262 g/mol. The van der Waals surface area contributed by atoms with Crippen LogP contribution in [0.5, 0.6) is 0 Å². The Balaban J connectivity index is 2.21. The Morgan fingerprint density at radius 2 is 2.05 bits per heavy atom. The van der Waals surface area contributed by atoms with Gasteiger partial charge in [0.25, 0.3) is 0 Å². The number of hydrogen-bond acceptors (Lipinski definition) is 2. The van der Waals surface area contributed by atoms with Gasteiger partial charge in [0.2, 0.25) is 0 Å². The first-order chi connectivity index (χ1) is 9.99. The van der Waals surface area contributed by atoms with Crippen LogP contribution >= 0.6 is 0 Å². The molecule has 0 saturated heterocycles. The van der Waals surface area contributed by atoms with Gasteiger partial charge in [0.15, 0.2) is 0 Å². The minimum atomic E-state index is -1.11. The van der Waals surface area contributed by atoms with Crippen molar-refractivity contribution in [3.63, 3.8) is 0 Å². The summed E-state index contributed by atoms with van der Waals surface area (Å²) in [5, 5.41) is 11.6. The molecule has 2 rings (SSSR count). The zero-order valence-electron chi connectivity index (χ0n) is 12.7. The molecule has 0 heterocycles. The Kier molecular flexibility index (Phi) is 4.84. The summed E-state index contributed by atoms with van der Waals surface area (Å²) in [4.78, 5) is 13.0. The van der Waals surface area contributed by atoms with E-state index >= 15 is 0 Å². The molecule has 0 aliphatic heterocycles. The molecule has 0 fully saturated rings. The average molecular weight is 284 g/mol. The second kappa shape index (κ2) is 6.61. The molecule has 0 aromatic heterocycles. The third-order valence-electron chi connectivity index (χ3n) is 4.26. The summed E-state index contributed by atoms with van der Waals surface area (Å²) in [7, 11) is 0. The largest absolute Gasteiger partial charge is 0.530 e. The first kappa shape index (κ1) is 15.4. The first-order valence-electron chi connectivity index (χ1n) is 7.32. The van der Waals surface area contributed by atoms with Gasteiger partial charge in [0, 0.05) is 6.54 Å². The summed E-state index contributed by atoms with van der Waals surface area (Å²) in [5.41, 5.74) is 3.20. The number of carbonyl (C=O) groups is 1. The minimum absolute atomic E-state index is 0.120. The number of carboxylic acid groups (broad SMARTS) is 1. The number of carbonyl (C=O) groups excluding carboxylic acids is 1. The van der Waals surface area contributed by atoms with E-state index in [1.165, 1.54) is 4.90 Å². The maximum Gasteiger partial charge on any atom is 0.137 e. The Labute approximate surface area is 126 Å². The van der Waals surface area contributed by atoms with Crippen LogP contribution in [-0.2, 0) is 6.54 Å². The highest BCUT2D eigenvalue weighted by Gasteiger charge is 2.27. The molecule has 2 unspecified atom stereocenters. The van der Waals surface area contributed by atoms with Crippen molar-refractivity contribution in [1.82, 2.24) is 4.90 Å². The van der Waals surface area contributed by atoms with E-state index in [0.29, 0.717) is 12.5 Å². The molecule has 2 atom stereocenters. The lowest BCUT2D eigenvalue weighted by molar-refractivity contribution is -0.268. The van der Waals surface area contributed by atoms with Gasteiger partial charge in [-0.3, -0.25) is 0 Å². The maximum absolute atomic E-state index is 11.6. The van der Waals surface area contributed by atoms with Gasteiger partial charge in [-0.25, -0.2) is 0 Å². The van der Waals surface area contributed by atoms with Gasteiger partial charge in [-0.1, -0.05) is 54.1 Å². The standard InChI is InChI=1S/C18H23NO2/c1-13(2)16-10-9-14(3)17(11-16)19(18(20)21)12-15-7-5-4-6-8-15/h4-9,16-17H,1,10-12H2,2-3H3,(H,20,21)/p-1. The number of nitrogens with zero attached hydrogens (tertiary/aromatic N) is 1. The molecule has 1 aromatic rings. The molecule has 0 radical (unpaired) electrons. The van der Waals surface area contributed by atoms with Crippen LogP contribution in [0.25, 0.3) is 0 Å². The number of hydrogen-bond donors (Lipinski definition) is 0. The van der Waals surface area contributed by atoms with Crippen LogP contribution in [-0.4, -0.2) is 17.0 Å². The van der Waals surface area contributed by atoms with Crippen molar-refractivity contribution in [2.75, 3.05) is 0 Å². The molecule has 0 saturated carbocycles. The van der Waals surface area contributed by atoms with Gasteiger partial charge in [-0.2, -0.15) is 0 Å². The number of rotatable bonds is 4. The van der Waals surface area contributed by atoms with Crippen molar-refractivity contribution in [3.05, 3.63) is 59.7 Å². The minimum Gasteiger partial charge on any atom is -0.530 e. The van der Waals surface area contributed by atoms with E-state index in [1.54, 1.807) is 0 Å². The Morgan fingerprint density at radius 1 is 1.38 bits per heavy atom. The van der Waals surface area contributed by atoms with E-state index in [-0.39, 0.29) is 6.04 Å². The highest BCUT2D eigenvalue weighted by atomic mass is 16.4. The third kappa shape index (κ3) is 3.75. The molecule has 21 heavy (non-hydrogen) atoms. The monoisotopic (exact) mass is 284 g/mol. The van der Waals surface area contributed by atoms with E-state index in [1.807, 2.05) is 44.2 Å². The molecule has 1 aliphatic carbocycles. The second-order valence-electron chi connectivity index (χ2n) is 5.86. The van der Waals surface area contributed by atoms with Gasteiger partial charge in [0.05, 0.1) is 6.04 Å². The van der Waals surface area contributed by atoms with Crippen LogP contribution in [0.2, 0.25) is 0 Å². The molecule has 3 heteroatoms. The fourth-order valence-electron chi connectivity index (χ4n) is 2.87. The lowest BCUT2D eigenvalue weighted by atomic mass is 9.82. The molecular formula is C18H22NO2-. The topological polar surface area (TPSA) is 43.4 Å². The SMILES string of the molecule is C=C(C)C1CC=C(C)C(N(Cc2ccccc2)C(=O)[O-])C1. The Bertz CT molecular complexity index is 548. The van der Waals surface area contributed by atoms with Crippen molar-refractivity contribution in [2.45, 2.75) is 39.3 Å². The van der Waals surface area contributed by atoms with Gasteiger partial charge in [-0.05, 0) is 38.2 Å². The summed E-state index contributed by atoms with van der Waals surface area (Å²) in [6.45, 7) is 8.39.